The average Bonchev–Trinajstić information content (AvgIpc) is 3.41. The molecule has 8 nitrogen and oxygen atoms in total. The number of hydrogen-bond donors (Lipinski definition) is 1. The van der Waals surface area contributed by atoms with Gasteiger partial charge in [-0.1, -0.05) is 24.2 Å². The van der Waals surface area contributed by atoms with Crippen LogP contribution in [0.5, 0.6) is 5.75 Å². The Morgan fingerprint density at radius 3 is 2.70 bits per heavy atom. The van der Waals surface area contributed by atoms with Gasteiger partial charge in [0.05, 0.1) is 18.7 Å². The van der Waals surface area contributed by atoms with Crippen molar-refractivity contribution in [2.75, 3.05) is 23.9 Å². The standard InChI is InChI=1S/C22H22N4O4/c1-3-19-24-22(30-25-19)14-8-10-16(11-9-14)23-21(28)15-12-20(27)26(13-15)17-6-4-5-7-18(17)29-2/h4-11,15H,3,12-13H2,1-2H3,(H,23,28). The van der Waals surface area contributed by atoms with E-state index >= 15 is 0 Å². The Kier molecular flexibility index (Phi) is 5.47. The topological polar surface area (TPSA) is 97.6 Å². The van der Waals surface area contributed by atoms with Crippen LogP contribution in [0.3, 0.4) is 0 Å². The van der Waals surface area contributed by atoms with E-state index in [1.165, 1.54) is 0 Å². The van der Waals surface area contributed by atoms with Crippen LogP contribution in [0.25, 0.3) is 11.5 Å². The van der Waals surface area contributed by atoms with E-state index in [9.17, 15) is 9.59 Å². The van der Waals surface area contributed by atoms with Gasteiger partial charge in [0.2, 0.25) is 11.8 Å². The second kappa shape index (κ2) is 8.36. The molecule has 1 aromatic heterocycles. The lowest BCUT2D eigenvalue weighted by Gasteiger charge is -2.19. The zero-order valence-corrected chi connectivity index (χ0v) is 16.8. The van der Waals surface area contributed by atoms with E-state index in [4.69, 9.17) is 9.26 Å². The highest BCUT2D eigenvalue weighted by atomic mass is 16.5. The van der Waals surface area contributed by atoms with Crippen LogP contribution < -0.4 is 15.0 Å². The summed E-state index contributed by atoms with van der Waals surface area (Å²) in [5.74, 6) is 0.962. The molecule has 0 spiro atoms. The number of para-hydroxylation sites is 2. The number of carbonyl (C=O) groups excluding carboxylic acids is 2. The third-order valence-corrected chi connectivity index (χ3v) is 5.06. The minimum Gasteiger partial charge on any atom is -0.495 e. The first-order chi connectivity index (χ1) is 14.6. The molecule has 30 heavy (non-hydrogen) atoms. The van der Waals surface area contributed by atoms with Crippen molar-refractivity contribution >= 4 is 23.2 Å². The average molecular weight is 406 g/mol. The van der Waals surface area contributed by atoms with Gasteiger partial charge in [-0.15, -0.1) is 0 Å². The third-order valence-electron chi connectivity index (χ3n) is 5.06. The highest BCUT2D eigenvalue weighted by Crippen LogP contribution is 2.33. The third kappa shape index (κ3) is 3.89. The van der Waals surface area contributed by atoms with Gasteiger partial charge in [0, 0.05) is 30.6 Å². The molecule has 1 saturated heterocycles. The zero-order chi connectivity index (χ0) is 21.1. The fourth-order valence-electron chi connectivity index (χ4n) is 3.42. The van der Waals surface area contributed by atoms with Gasteiger partial charge < -0.3 is 19.5 Å². The first-order valence-corrected chi connectivity index (χ1v) is 9.76. The normalized spacial score (nSPS) is 16.0. The summed E-state index contributed by atoms with van der Waals surface area (Å²) >= 11 is 0. The van der Waals surface area contributed by atoms with Crippen molar-refractivity contribution in [3.8, 4) is 17.2 Å². The van der Waals surface area contributed by atoms with E-state index in [0.717, 1.165) is 5.56 Å². The monoisotopic (exact) mass is 406 g/mol. The molecule has 1 N–H and O–H groups in total. The zero-order valence-electron chi connectivity index (χ0n) is 16.8. The number of aryl methyl sites for hydroxylation is 1. The van der Waals surface area contributed by atoms with Crippen molar-refractivity contribution in [1.29, 1.82) is 0 Å². The second-order valence-corrected chi connectivity index (χ2v) is 7.01. The molecule has 2 aromatic carbocycles. The number of aromatic nitrogens is 2. The molecule has 4 rings (SSSR count). The van der Waals surface area contributed by atoms with Crippen LogP contribution in [-0.4, -0.2) is 35.6 Å². The quantitative estimate of drug-likeness (QED) is 0.675. The first-order valence-electron chi connectivity index (χ1n) is 9.76. The molecule has 1 aliphatic heterocycles. The summed E-state index contributed by atoms with van der Waals surface area (Å²) in [6, 6.07) is 14.5. The molecule has 3 aromatic rings. The number of methoxy groups -OCH3 is 1. The van der Waals surface area contributed by atoms with E-state index in [-0.39, 0.29) is 18.2 Å². The molecule has 1 aliphatic rings. The van der Waals surface area contributed by atoms with Crippen molar-refractivity contribution in [3.63, 3.8) is 0 Å². The minimum atomic E-state index is -0.440. The van der Waals surface area contributed by atoms with Crippen molar-refractivity contribution in [2.45, 2.75) is 19.8 Å². The molecule has 2 heterocycles. The van der Waals surface area contributed by atoms with Crippen LogP contribution in [-0.2, 0) is 16.0 Å². The number of hydrogen-bond acceptors (Lipinski definition) is 6. The van der Waals surface area contributed by atoms with Crippen LogP contribution in [0.4, 0.5) is 11.4 Å². The minimum absolute atomic E-state index is 0.0990. The number of carbonyl (C=O) groups is 2. The predicted molar refractivity (Wildman–Crippen MR) is 111 cm³/mol. The van der Waals surface area contributed by atoms with E-state index in [2.05, 4.69) is 15.5 Å². The summed E-state index contributed by atoms with van der Waals surface area (Å²) in [6.45, 7) is 2.26. The Morgan fingerprint density at radius 2 is 2.00 bits per heavy atom. The Morgan fingerprint density at radius 1 is 1.23 bits per heavy atom. The lowest BCUT2D eigenvalue weighted by atomic mass is 10.1. The lowest BCUT2D eigenvalue weighted by molar-refractivity contribution is -0.122. The predicted octanol–water partition coefficient (Wildman–Crippen LogP) is 3.30. The summed E-state index contributed by atoms with van der Waals surface area (Å²) in [5, 5.41) is 6.77. The molecule has 1 fully saturated rings. The summed E-state index contributed by atoms with van der Waals surface area (Å²) in [4.78, 5) is 31.1. The molecular formula is C22H22N4O4. The maximum absolute atomic E-state index is 12.7. The number of amides is 2. The molecule has 0 bridgehead atoms. The van der Waals surface area contributed by atoms with Crippen molar-refractivity contribution in [3.05, 3.63) is 54.4 Å². The maximum Gasteiger partial charge on any atom is 0.257 e. The number of rotatable bonds is 6. The molecule has 0 saturated carbocycles. The van der Waals surface area contributed by atoms with Crippen molar-refractivity contribution in [1.82, 2.24) is 10.1 Å². The Labute approximate surface area is 173 Å². The highest BCUT2D eigenvalue weighted by Gasteiger charge is 2.36. The number of ether oxygens (including phenoxy) is 1. The van der Waals surface area contributed by atoms with Gasteiger partial charge in [-0.2, -0.15) is 4.98 Å². The van der Waals surface area contributed by atoms with Crippen molar-refractivity contribution in [2.24, 2.45) is 5.92 Å². The van der Waals surface area contributed by atoms with E-state index in [1.54, 1.807) is 30.2 Å². The maximum atomic E-state index is 12.7. The lowest BCUT2D eigenvalue weighted by Crippen LogP contribution is -2.28. The molecule has 8 heteroatoms. The fourth-order valence-corrected chi connectivity index (χ4v) is 3.42. The van der Waals surface area contributed by atoms with Gasteiger partial charge in [-0.25, -0.2) is 0 Å². The summed E-state index contributed by atoms with van der Waals surface area (Å²) in [5.41, 5.74) is 2.09. The van der Waals surface area contributed by atoms with Gasteiger partial charge >= 0.3 is 0 Å². The van der Waals surface area contributed by atoms with Gasteiger partial charge in [0.15, 0.2) is 5.82 Å². The van der Waals surface area contributed by atoms with Gasteiger partial charge in [-0.3, -0.25) is 9.59 Å². The highest BCUT2D eigenvalue weighted by molar-refractivity contribution is 6.04. The number of benzene rings is 2. The largest absolute Gasteiger partial charge is 0.495 e. The molecule has 2 amide bonds. The Bertz CT molecular complexity index is 1060. The smallest absolute Gasteiger partial charge is 0.257 e. The van der Waals surface area contributed by atoms with Crippen LogP contribution in [0.15, 0.2) is 53.1 Å². The van der Waals surface area contributed by atoms with E-state index in [0.29, 0.717) is 41.8 Å². The molecule has 0 aliphatic carbocycles. The van der Waals surface area contributed by atoms with Crippen LogP contribution >= 0.6 is 0 Å². The van der Waals surface area contributed by atoms with Gasteiger partial charge in [0.25, 0.3) is 5.89 Å². The van der Waals surface area contributed by atoms with Crippen LogP contribution in [0.2, 0.25) is 0 Å². The summed E-state index contributed by atoms with van der Waals surface area (Å²) < 4.78 is 10.6. The van der Waals surface area contributed by atoms with Crippen LogP contribution in [0.1, 0.15) is 19.2 Å². The van der Waals surface area contributed by atoms with Crippen molar-refractivity contribution < 1.29 is 18.8 Å². The Balaban J connectivity index is 1.42. The molecule has 154 valence electrons. The Hall–Kier alpha value is -3.68. The molecule has 1 atom stereocenters. The first kappa shape index (κ1) is 19.6. The molecular weight excluding hydrogens is 384 g/mol. The number of anilines is 2. The molecule has 0 radical (unpaired) electrons. The summed E-state index contributed by atoms with van der Waals surface area (Å²) in [7, 11) is 1.56. The molecule has 1 unspecified atom stereocenters. The van der Waals surface area contributed by atoms with E-state index in [1.807, 2.05) is 37.3 Å². The van der Waals surface area contributed by atoms with E-state index < -0.39 is 5.92 Å². The van der Waals surface area contributed by atoms with Crippen LogP contribution in [0, 0.1) is 5.92 Å². The van der Waals surface area contributed by atoms with Gasteiger partial charge in [0.1, 0.15) is 5.75 Å². The van der Waals surface area contributed by atoms with Gasteiger partial charge in [-0.05, 0) is 36.4 Å². The SMILES string of the molecule is CCc1noc(-c2ccc(NC(=O)C3CC(=O)N(c4ccccc4OC)C3)cc2)n1. The second-order valence-electron chi connectivity index (χ2n) is 7.01. The fraction of sp³-hybridized carbons (Fsp3) is 0.273. The number of nitrogens with zero attached hydrogens (tertiary/aromatic N) is 3. The summed E-state index contributed by atoms with van der Waals surface area (Å²) in [6.07, 6.45) is 0.855. The number of nitrogens with one attached hydrogen (secondary N) is 1.